The van der Waals surface area contributed by atoms with E-state index in [-0.39, 0.29) is 0 Å². The van der Waals surface area contributed by atoms with E-state index in [1.807, 2.05) is 0 Å². The number of nitrogens with one attached hydrogen (secondary N) is 1. The van der Waals surface area contributed by atoms with Gasteiger partial charge in [0.1, 0.15) is 0 Å². The molecule has 2 atom stereocenters. The van der Waals surface area contributed by atoms with Crippen molar-refractivity contribution in [3.63, 3.8) is 0 Å². The van der Waals surface area contributed by atoms with Gasteiger partial charge in [0.25, 0.3) is 0 Å². The van der Waals surface area contributed by atoms with E-state index >= 15 is 0 Å². The highest BCUT2D eigenvalue weighted by molar-refractivity contribution is 4.73. The number of ether oxygens (including phenoxy) is 1. The van der Waals surface area contributed by atoms with Gasteiger partial charge in [-0.3, -0.25) is 0 Å². The molecule has 1 N–H and O–H groups in total. The second-order valence-electron chi connectivity index (χ2n) is 5.28. The van der Waals surface area contributed by atoms with E-state index in [1.54, 1.807) is 0 Å². The maximum absolute atomic E-state index is 5.73. The highest BCUT2D eigenvalue weighted by Gasteiger charge is 2.15. The lowest BCUT2D eigenvalue weighted by molar-refractivity contribution is 0.0445. The molecule has 0 fully saturated rings. The van der Waals surface area contributed by atoms with Crippen LogP contribution in [0.3, 0.4) is 0 Å². The first-order valence-corrected chi connectivity index (χ1v) is 8.11. The zero-order valence-electron chi connectivity index (χ0n) is 13.1. The van der Waals surface area contributed by atoms with Gasteiger partial charge in [0, 0.05) is 12.6 Å². The summed E-state index contributed by atoms with van der Waals surface area (Å²) >= 11 is 0. The molecule has 0 amide bonds. The number of unbranched alkanes of at least 4 members (excludes halogenated alkanes) is 5. The first-order chi connectivity index (χ1) is 8.76. The molecule has 2 heteroatoms. The van der Waals surface area contributed by atoms with Crippen molar-refractivity contribution >= 4 is 0 Å². The van der Waals surface area contributed by atoms with Gasteiger partial charge >= 0.3 is 0 Å². The fourth-order valence-corrected chi connectivity index (χ4v) is 2.36. The Labute approximate surface area is 115 Å². The molecule has 0 saturated heterocycles. The average molecular weight is 257 g/mol. The molecule has 18 heavy (non-hydrogen) atoms. The van der Waals surface area contributed by atoms with Crippen LogP contribution in [-0.2, 0) is 4.74 Å². The maximum Gasteiger partial charge on any atom is 0.0699 e. The molecular weight excluding hydrogens is 222 g/mol. The van der Waals surface area contributed by atoms with Crippen LogP contribution in [0.4, 0.5) is 0 Å². The largest absolute Gasteiger partial charge is 0.377 e. The molecule has 0 aliphatic rings. The fraction of sp³-hybridized carbons (Fsp3) is 1.00. The summed E-state index contributed by atoms with van der Waals surface area (Å²) in [5, 5.41) is 3.63. The Kier molecular flexibility index (Phi) is 13.3. The fourth-order valence-electron chi connectivity index (χ4n) is 2.36. The molecule has 0 radical (unpaired) electrons. The van der Waals surface area contributed by atoms with Crippen molar-refractivity contribution in [2.45, 2.75) is 91.2 Å². The van der Waals surface area contributed by atoms with E-state index in [2.05, 4.69) is 33.0 Å². The van der Waals surface area contributed by atoms with Crippen LogP contribution in [0.25, 0.3) is 0 Å². The van der Waals surface area contributed by atoms with Gasteiger partial charge in [0.05, 0.1) is 6.10 Å². The molecule has 0 aliphatic heterocycles. The van der Waals surface area contributed by atoms with Crippen molar-refractivity contribution in [3.05, 3.63) is 0 Å². The minimum atomic E-state index is 0.345. The van der Waals surface area contributed by atoms with Crippen LogP contribution in [0, 0.1) is 0 Å². The normalized spacial score (nSPS) is 14.7. The first-order valence-electron chi connectivity index (χ1n) is 8.11. The quantitative estimate of drug-likeness (QED) is 0.489. The van der Waals surface area contributed by atoms with Gasteiger partial charge in [-0.25, -0.2) is 0 Å². The molecule has 0 bridgehead atoms. The molecule has 0 heterocycles. The summed E-state index contributed by atoms with van der Waals surface area (Å²) in [5.41, 5.74) is 0. The Hall–Kier alpha value is -0.0800. The van der Waals surface area contributed by atoms with E-state index in [4.69, 9.17) is 4.74 Å². The van der Waals surface area contributed by atoms with Gasteiger partial charge in [0.2, 0.25) is 0 Å². The van der Waals surface area contributed by atoms with Crippen LogP contribution in [0.15, 0.2) is 0 Å². The van der Waals surface area contributed by atoms with Gasteiger partial charge in [-0.1, -0.05) is 52.4 Å². The second kappa shape index (κ2) is 13.4. The van der Waals surface area contributed by atoms with Gasteiger partial charge < -0.3 is 10.1 Å². The molecule has 0 aromatic heterocycles. The third-order valence-corrected chi connectivity index (χ3v) is 3.52. The predicted octanol–water partition coefficient (Wildman–Crippen LogP) is 4.53. The average Bonchev–Trinajstić information content (AvgIpc) is 2.37. The smallest absolute Gasteiger partial charge is 0.0699 e. The highest BCUT2D eigenvalue weighted by Crippen LogP contribution is 2.12. The molecule has 0 spiro atoms. The zero-order chi connectivity index (χ0) is 13.6. The Morgan fingerprint density at radius 1 is 0.889 bits per heavy atom. The summed E-state index contributed by atoms with van der Waals surface area (Å²) in [7, 11) is 0. The summed E-state index contributed by atoms with van der Waals surface area (Å²) in [6, 6.07) is 0.538. The lowest BCUT2D eigenvalue weighted by atomic mass is 10.0. The minimum Gasteiger partial charge on any atom is -0.377 e. The lowest BCUT2D eigenvalue weighted by Crippen LogP contribution is -2.40. The standard InChI is InChI=1S/C16H35NO/c1-5-8-9-10-11-12-13-16(17-14-6-2)15(4)18-7-3/h15-17H,5-14H2,1-4H3. The van der Waals surface area contributed by atoms with Crippen molar-refractivity contribution in [1.29, 1.82) is 0 Å². The van der Waals surface area contributed by atoms with E-state index < -0.39 is 0 Å². The van der Waals surface area contributed by atoms with Gasteiger partial charge in [0.15, 0.2) is 0 Å². The molecule has 0 aliphatic carbocycles. The Balaban J connectivity index is 3.71. The zero-order valence-corrected chi connectivity index (χ0v) is 13.1. The molecular formula is C16H35NO. The highest BCUT2D eigenvalue weighted by atomic mass is 16.5. The predicted molar refractivity (Wildman–Crippen MR) is 81.2 cm³/mol. The topological polar surface area (TPSA) is 21.3 Å². The van der Waals surface area contributed by atoms with Crippen molar-refractivity contribution in [3.8, 4) is 0 Å². The molecule has 0 aromatic carbocycles. The monoisotopic (exact) mass is 257 g/mol. The molecule has 0 rings (SSSR count). The minimum absolute atomic E-state index is 0.345. The van der Waals surface area contributed by atoms with Crippen LogP contribution < -0.4 is 5.32 Å². The van der Waals surface area contributed by atoms with Crippen molar-refractivity contribution in [2.24, 2.45) is 0 Å². The number of rotatable bonds is 13. The van der Waals surface area contributed by atoms with Crippen molar-refractivity contribution < 1.29 is 4.74 Å². The third kappa shape index (κ3) is 9.90. The maximum atomic E-state index is 5.73. The van der Waals surface area contributed by atoms with E-state index in [9.17, 15) is 0 Å². The number of hydrogen-bond donors (Lipinski definition) is 1. The van der Waals surface area contributed by atoms with E-state index in [0.29, 0.717) is 12.1 Å². The Morgan fingerprint density at radius 3 is 2.17 bits per heavy atom. The van der Waals surface area contributed by atoms with Gasteiger partial charge in [-0.15, -0.1) is 0 Å². The third-order valence-electron chi connectivity index (χ3n) is 3.52. The lowest BCUT2D eigenvalue weighted by Gasteiger charge is -2.25. The Bertz CT molecular complexity index is 161. The van der Waals surface area contributed by atoms with Crippen LogP contribution in [0.1, 0.15) is 79.1 Å². The van der Waals surface area contributed by atoms with E-state index in [0.717, 1.165) is 13.2 Å². The summed E-state index contributed by atoms with van der Waals surface area (Å²) in [4.78, 5) is 0. The summed E-state index contributed by atoms with van der Waals surface area (Å²) in [5.74, 6) is 0. The molecule has 0 saturated carbocycles. The van der Waals surface area contributed by atoms with Gasteiger partial charge in [-0.2, -0.15) is 0 Å². The Morgan fingerprint density at radius 2 is 1.56 bits per heavy atom. The van der Waals surface area contributed by atoms with Crippen molar-refractivity contribution in [2.75, 3.05) is 13.2 Å². The molecule has 2 nitrogen and oxygen atoms in total. The summed E-state index contributed by atoms with van der Waals surface area (Å²) in [6.07, 6.45) is 11.1. The van der Waals surface area contributed by atoms with Crippen LogP contribution in [0.2, 0.25) is 0 Å². The van der Waals surface area contributed by atoms with Crippen LogP contribution >= 0.6 is 0 Å². The second-order valence-corrected chi connectivity index (χ2v) is 5.28. The van der Waals surface area contributed by atoms with Crippen molar-refractivity contribution in [1.82, 2.24) is 5.32 Å². The SMILES string of the molecule is CCCCCCCCC(NCCC)C(C)OCC. The molecule has 0 aromatic rings. The van der Waals surface area contributed by atoms with E-state index in [1.165, 1.54) is 51.4 Å². The number of hydrogen-bond acceptors (Lipinski definition) is 2. The summed E-state index contributed by atoms with van der Waals surface area (Å²) < 4.78 is 5.73. The summed E-state index contributed by atoms with van der Waals surface area (Å²) in [6.45, 7) is 10.7. The van der Waals surface area contributed by atoms with Gasteiger partial charge in [-0.05, 0) is 33.2 Å². The van der Waals surface area contributed by atoms with Crippen LogP contribution in [-0.4, -0.2) is 25.3 Å². The molecule has 110 valence electrons. The first kappa shape index (κ1) is 17.9. The molecule has 2 unspecified atom stereocenters. The van der Waals surface area contributed by atoms with Crippen LogP contribution in [0.5, 0.6) is 0 Å².